The van der Waals surface area contributed by atoms with Gasteiger partial charge < -0.3 is 9.84 Å². The molecule has 0 amide bonds. The Morgan fingerprint density at radius 1 is 1.39 bits per heavy atom. The quantitative estimate of drug-likeness (QED) is 0.913. The van der Waals surface area contributed by atoms with Gasteiger partial charge in [-0.2, -0.15) is 0 Å². The van der Waals surface area contributed by atoms with E-state index in [2.05, 4.69) is 0 Å². The molecule has 18 heavy (non-hydrogen) atoms. The van der Waals surface area contributed by atoms with Gasteiger partial charge >= 0.3 is 5.97 Å². The van der Waals surface area contributed by atoms with E-state index in [4.69, 9.17) is 16.3 Å². The Labute approximate surface area is 112 Å². The van der Waals surface area contributed by atoms with E-state index in [9.17, 15) is 9.90 Å². The highest BCUT2D eigenvalue weighted by atomic mass is 35.5. The van der Waals surface area contributed by atoms with E-state index < -0.39 is 17.3 Å². The predicted molar refractivity (Wildman–Crippen MR) is 69.9 cm³/mol. The van der Waals surface area contributed by atoms with Gasteiger partial charge in [0.2, 0.25) is 0 Å². The van der Waals surface area contributed by atoms with Crippen LogP contribution in [0.3, 0.4) is 0 Å². The Hall–Kier alpha value is -1.06. The molecule has 0 radical (unpaired) electrons. The van der Waals surface area contributed by atoms with Crippen LogP contribution >= 0.6 is 11.6 Å². The molecule has 0 bridgehead atoms. The fourth-order valence-corrected chi connectivity index (χ4v) is 3.17. The summed E-state index contributed by atoms with van der Waals surface area (Å²) in [6.07, 6.45) is 0. The average molecular weight is 269 g/mol. The number of hydrogen-bond acceptors (Lipinski definition) is 2. The van der Waals surface area contributed by atoms with E-state index in [-0.39, 0.29) is 5.92 Å². The summed E-state index contributed by atoms with van der Waals surface area (Å²) in [7, 11) is 0. The minimum absolute atomic E-state index is 0.0303. The van der Waals surface area contributed by atoms with Gasteiger partial charge in [0.15, 0.2) is 0 Å². The van der Waals surface area contributed by atoms with Gasteiger partial charge in [0.25, 0.3) is 0 Å². The largest absolute Gasteiger partial charge is 0.481 e. The third kappa shape index (κ3) is 2.02. The lowest BCUT2D eigenvalue weighted by molar-refractivity contribution is -0.161. The summed E-state index contributed by atoms with van der Waals surface area (Å²) in [6.45, 7) is 4.70. The van der Waals surface area contributed by atoms with Crippen LogP contribution in [0.25, 0.3) is 0 Å². The number of aliphatic carboxylic acids is 1. The SMILES string of the molecule is CC(C)C(C(=O)O)C1(c2ccccc2Cl)COC1. The summed E-state index contributed by atoms with van der Waals surface area (Å²) in [5.41, 5.74) is 0.400. The lowest BCUT2D eigenvalue weighted by Gasteiger charge is -2.47. The summed E-state index contributed by atoms with van der Waals surface area (Å²) < 4.78 is 5.31. The van der Waals surface area contributed by atoms with Gasteiger partial charge in [-0.25, -0.2) is 0 Å². The number of carboxylic acid groups (broad SMARTS) is 1. The Morgan fingerprint density at radius 2 is 2.00 bits per heavy atom. The molecule has 4 heteroatoms. The van der Waals surface area contributed by atoms with Crippen LogP contribution in [0.5, 0.6) is 0 Å². The van der Waals surface area contributed by atoms with Crippen LogP contribution in [0.4, 0.5) is 0 Å². The lowest BCUT2D eigenvalue weighted by Crippen LogP contribution is -2.56. The van der Waals surface area contributed by atoms with Crippen molar-refractivity contribution in [1.29, 1.82) is 0 Å². The maximum Gasteiger partial charge on any atom is 0.307 e. The molecule has 3 nitrogen and oxygen atoms in total. The van der Waals surface area contributed by atoms with Crippen LogP contribution < -0.4 is 0 Å². The summed E-state index contributed by atoms with van der Waals surface area (Å²) in [4.78, 5) is 11.6. The first-order chi connectivity index (χ1) is 8.49. The fourth-order valence-electron chi connectivity index (χ4n) is 2.85. The van der Waals surface area contributed by atoms with Gasteiger partial charge in [-0.05, 0) is 17.5 Å². The topological polar surface area (TPSA) is 46.5 Å². The highest BCUT2D eigenvalue weighted by molar-refractivity contribution is 6.31. The number of hydrogen-bond donors (Lipinski definition) is 1. The van der Waals surface area contributed by atoms with Crippen LogP contribution in [0.2, 0.25) is 5.02 Å². The maximum atomic E-state index is 11.6. The second-order valence-electron chi connectivity index (χ2n) is 5.19. The van der Waals surface area contributed by atoms with E-state index in [0.29, 0.717) is 18.2 Å². The van der Waals surface area contributed by atoms with Crippen molar-refractivity contribution in [3.05, 3.63) is 34.9 Å². The molecule has 0 aromatic heterocycles. The summed E-state index contributed by atoms with van der Waals surface area (Å²) in [5, 5.41) is 10.1. The molecule has 2 rings (SSSR count). The minimum atomic E-state index is -0.784. The van der Waals surface area contributed by atoms with Crippen LogP contribution in [0.1, 0.15) is 19.4 Å². The van der Waals surface area contributed by atoms with E-state index in [1.54, 1.807) is 6.07 Å². The summed E-state index contributed by atoms with van der Waals surface area (Å²) in [6, 6.07) is 7.45. The van der Waals surface area contributed by atoms with Crippen LogP contribution in [0, 0.1) is 11.8 Å². The van der Waals surface area contributed by atoms with Gasteiger partial charge in [0.05, 0.1) is 24.5 Å². The van der Waals surface area contributed by atoms with Gasteiger partial charge in [-0.1, -0.05) is 43.6 Å². The van der Waals surface area contributed by atoms with Crippen LogP contribution in [0.15, 0.2) is 24.3 Å². The average Bonchev–Trinajstić information content (AvgIpc) is 2.23. The van der Waals surface area contributed by atoms with Gasteiger partial charge in [-0.3, -0.25) is 4.79 Å². The molecule has 1 atom stereocenters. The summed E-state index contributed by atoms with van der Waals surface area (Å²) in [5.74, 6) is -1.23. The Balaban J connectivity index is 2.48. The van der Waals surface area contributed by atoms with Crippen LogP contribution in [-0.4, -0.2) is 24.3 Å². The van der Waals surface area contributed by atoms with E-state index in [1.807, 2.05) is 32.0 Å². The second-order valence-corrected chi connectivity index (χ2v) is 5.60. The predicted octanol–water partition coefficient (Wildman–Crippen LogP) is 2.96. The zero-order chi connectivity index (χ0) is 13.3. The molecule has 1 aliphatic rings. The van der Waals surface area contributed by atoms with Crippen molar-refractivity contribution in [2.75, 3.05) is 13.2 Å². The normalized spacial score (nSPS) is 19.3. The van der Waals surface area contributed by atoms with E-state index in [1.165, 1.54) is 0 Å². The molecule has 1 N–H and O–H groups in total. The van der Waals surface area contributed by atoms with Crippen molar-refractivity contribution in [2.24, 2.45) is 11.8 Å². The van der Waals surface area contributed by atoms with Crippen molar-refractivity contribution < 1.29 is 14.6 Å². The molecule has 1 aromatic carbocycles. The standard InChI is InChI=1S/C14H17ClO3/c1-9(2)12(13(16)17)14(7-18-8-14)10-5-3-4-6-11(10)15/h3-6,9,12H,7-8H2,1-2H3,(H,16,17). The molecule has 1 saturated heterocycles. The highest BCUT2D eigenvalue weighted by Crippen LogP contribution is 2.45. The van der Waals surface area contributed by atoms with Crippen molar-refractivity contribution in [3.63, 3.8) is 0 Å². The first-order valence-electron chi connectivity index (χ1n) is 6.04. The van der Waals surface area contributed by atoms with Crippen molar-refractivity contribution in [3.8, 4) is 0 Å². The first kappa shape index (κ1) is 13.4. The fraction of sp³-hybridized carbons (Fsp3) is 0.500. The number of halogens is 1. The molecule has 0 saturated carbocycles. The Bertz CT molecular complexity index is 452. The smallest absolute Gasteiger partial charge is 0.307 e. The number of carboxylic acids is 1. The van der Waals surface area contributed by atoms with Crippen molar-refractivity contribution in [2.45, 2.75) is 19.3 Å². The molecule has 1 fully saturated rings. The number of rotatable bonds is 4. The molecular formula is C14H17ClO3. The molecule has 0 spiro atoms. The van der Waals surface area contributed by atoms with Gasteiger partial charge in [0, 0.05) is 5.02 Å². The summed E-state index contributed by atoms with van der Waals surface area (Å²) >= 11 is 6.23. The minimum Gasteiger partial charge on any atom is -0.481 e. The second kappa shape index (κ2) is 4.90. The lowest BCUT2D eigenvalue weighted by atomic mass is 9.64. The Kier molecular flexibility index (Phi) is 3.64. The van der Waals surface area contributed by atoms with Crippen molar-refractivity contribution >= 4 is 17.6 Å². The molecule has 98 valence electrons. The molecule has 1 aliphatic heterocycles. The molecule has 1 aromatic rings. The highest BCUT2D eigenvalue weighted by Gasteiger charge is 2.52. The van der Waals surface area contributed by atoms with Crippen molar-refractivity contribution in [1.82, 2.24) is 0 Å². The first-order valence-corrected chi connectivity index (χ1v) is 6.42. The van der Waals surface area contributed by atoms with E-state index in [0.717, 1.165) is 5.56 Å². The number of ether oxygens (including phenoxy) is 1. The Morgan fingerprint density at radius 3 is 2.39 bits per heavy atom. The third-order valence-corrected chi connectivity index (χ3v) is 3.99. The number of carbonyl (C=O) groups is 1. The maximum absolute atomic E-state index is 11.6. The van der Waals surface area contributed by atoms with Gasteiger partial charge in [-0.15, -0.1) is 0 Å². The zero-order valence-corrected chi connectivity index (χ0v) is 11.3. The molecule has 1 heterocycles. The monoisotopic (exact) mass is 268 g/mol. The molecular weight excluding hydrogens is 252 g/mol. The van der Waals surface area contributed by atoms with Gasteiger partial charge in [0.1, 0.15) is 0 Å². The third-order valence-electron chi connectivity index (χ3n) is 3.66. The van der Waals surface area contributed by atoms with Crippen LogP contribution in [-0.2, 0) is 14.9 Å². The number of benzene rings is 1. The zero-order valence-electron chi connectivity index (χ0n) is 10.5. The van der Waals surface area contributed by atoms with E-state index >= 15 is 0 Å². The molecule has 0 aliphatic carbocycles. The molecule has 1 unspecified atom stereocenters.